The van der Waals surface area contributed by atoms with Crippen molar-refractivity contribution in [3.8, 4) is 0 Å². The van der Waals surface area contributed by atoms with Crippen LogP contribution in [0.15, 0.2) is 36.7 Å². The van der Waals surface area contributed by atoms with Crippen molar-refractivity contribution in [3.63, 3.8) is 0 Å². The number of aliphatic hydroxyl groups excluding tert-OH is 1. The zero-order chi connectivity index (χ0) is 12.3. The molecule has 0 radical (unpaired) electrons. The molecule has 0 saturated carbocycles. The van der Waals surface area contributed by atoms with E-state index in [9.17, 15) is 5.11 Å². The van der Waals surface area contributed by atoms with Crippen LogP contribution in [0.4, 0.5) is 0 Å². The van der Waals surface area contributed by atoms with Gasteiger partial charge >= 0.3 is 0 Å². The van der Waals surface area contributed by atoms with Crippen LogP contribution in [0, 0.1) is 0 Å². The molecule has 2 aromatic rings. The molecular weight excluding hydrogens is 214 g/mol. The summed E-state index contributed by atoms with van der Waals surface area (Å²) in [6, 6.07) is 7.87. The lowest BCUT2D eigenvalue weighted by atomic mass is 9.99. The molecule has 3 heteroatoms. The van der Waals surface area contributed by atoms with Crippen LogP contribution in [-0.4, -0.2) is 23.3 Å². The summed E-state index contributed by atoms with van der Waals surface area (Å²) in [5, 5.41) is 12.3. The van der Waals surface area contributed by atoms with Crippen molar-refractivity contribution < 1.29 is 9.84 Å². The number of rotatable bonds is 4. The Kier molecular flexibility index (Phi) is 3.71. The topological polar surface area (TPSA) is 42.4 Å². The van der Waals surface area contributed by atoms with Crippen LogP contribution in [0.25, 0.3) is 10.8 Å². The van der Waals surface area contributed by atoms with E-state index in [2.05, 4.69) is 4.98 Å². The number of pyridine rings is 1. The van der Waals surface area contributed by atoms with Crippen molar-refractivity contribution in [1.29, 1.82) is 0 Å². The summed E-state index contributed by atoms with van der Waals surface area (Å²) in [6.07, 6.45) is 3.67. The number of ether oxygens (including phenoxy) is 1. The van der Waals surface area contributed by atoms with Crippen LogP contribution >= 0.6 is 0 Å². The smallest absolute Gasteiger partial charge is 0.0821 e. The fourth-order valence-corrected chi connectivity index (χ4v) is 1.97. The van der Waals surface area contributed by atoms with Gasteiger partial charge in [-0.2, -0.15) is 0 Å². The maximum Gasteiger partial charge on any atom is 0.0821 e. The number of hydrogen-bond donors (Lipinski definition) is 1. The summed E-state index contributed by atoms with van der Waals surface area (Å²) in [6.45, 7) is 1.95. The molecule has 2 unspecified atom stereocenters. The van der Waals surface area contributed by atoms with E-state index in [1.165, 1.54) is 0 Å². The van der Waals surface area contributed by atoms with Gasteiger partial charge in [-0.25, -0.2) is 0 Å². The zero-order valence-corrected chi connectivity index (χ0v) is 10.1. The van der Waals surface area contributed by atoms with Gasteiger partial charge in [0.05, 0.1) is 12.2 Å². The Morgan fingerprint density at radius 3 is 2.94 bits per heavy atom. The Labute approximate surface area is 101 Å². The molecule has 2 atom stereocenters. The van der Waals surface area contributed by atoms with Gasteiger partial charge in [0, 0.05) is 31.3 Å². The summed E-state index contributed by atoms with van der Waals surface area (Å²) >= 11 is 0. The van der Waals surface area contributed by atoms with Crippen LogP contribution < -0.4 is 0 Å². The van der Waals surface area contributed by atoms with Crippen molar-refractivity contribution >= 4 is 10.8 Å². The van der Waals surface area contributed by atoms with E-state index in [4.69, 9.17) is 4.74 Å². The minimum absolute atomic E-state index is 0.0388. The van der Waals surface area contributed by atoms with Gasteiger partial charge in [-0.05, 0) is 23.9 Å². The second kappa shape index (κ2) is 5.25. The van der Waals surface area contributed by atoms with Crippen LogP contribution in [-0.2, 0) is 4.74 Å². The maximum atomic E-state index is 10.2. The Bertz CT molecular complexity index is 493. The van der Waals surface area contributed by atoms with Gasteiger partial charge in [0.1, 0.15) is 0 Å². The second-order valence-corrected chi connectivity index (χ2v) is 4.24. The minimum atomic E-state index is -0.516. The van der Waals surface area contributed by atoms with Crippen molar-refractivity contribution in [2.75, 3.05) is 7.11 Å². The standard InChI is InChI=1S/C14H17NO2/c1-10(17-2)8-14(16)12-5-3-4-11-6-7-15-9-13(11)12/h3-7,9-10,14,16H,8H2,1-2H3. The van der Waals surface area contributed by atoms with E-state index in [-0.39, 0.29) is 6.10 Å². The van der Waals surface area contributed by atoms with Crippen LogP contribution in [0.3, 0.4) is 0 Å². The highest BCUT2D eigenvalue weighted by atomic mass is 16.5. The van der Waals surface area contributed by atoms with E-state index in [0.717, 1.165) is 16.3 Å². The second-order valence-electron chi connectivity index (χ2n) is 4.24. The lowest BCUT2D eigenvalue weighted by Gasteiger charge is -2.17. The predicted octanol–water partition coefficient (Wildman–Crippen LogP) is 2.69. The summed E-state index contributed by atoms with van der Waals surface area (Å²) in [5.74, 6) is 0. The third kappa shape index (κ3) is 2.62. The fourth-order valence-electron chi connectivity index (χ4n) is 1.97. The number of benzene rings is 1. The minimum Gasteiger partial charge on any atom is -0.388 e. The molecule has 1 N–H and O–H groups in total. The van der Waals surface area contributed by atoms with Gasteiger partial charge in [0.15, 0.2) is 0 Å². The molecule has 0 aliphatic rings. The molecule has 3 nitrogen and oxygen atoms in total. The van der Waals surface area contributed by atoms with Crippen LogP contribution in [0.2, 0.25) is 0 Å². The van der Waals surface area contributed by atoms with Gasteiger partial charge in [0.2, 0.25) is 0 Å². The first-order valence-corrected chi connectivity index (χ1v) is 5.76. The molecule has 0 aliphatic carbocycles. The molecule has 2 rings (SSSR count). The summed E-state index contributed by atoms with van der Waals surface area (Å²) in [7, 11) is 1.65. The summed E-state index contributed by atoms with van der Waals surface area (Å²) in [4.78, 5) is 4.11. The van der Waals surface area contributed by atoms with Crippen molar-refractivity contribution in [2.24, 2.45) is 0 Å². The number of nitrogens with zero attached hydrogens (tertiary/aromatic N) is 1. The first kappa shape index (κ1) is 12.0. The summed E-state index contributed by atoms with van der Waals surface area (Å²) in [5.41, 5.74) is 0.916. The molecule has 0 spiro atoms. The normalized spacial score (nSPS) is 14.8. The lowest BCUT2D eigenvalue weighted by Crippen LogP contribution is -2.11. The van der Waals surface area contributed by atoms with Crippen molar-refractivity contribution in [2.45, 2.75) is 25.6 Å². The summed E-state index contributed by atoms with van der Waals surface area (Å²) < 4.78 is 5.18. The average molecular weight is 231 g/mol. The highest BCUT2D eigenvalue weighted by Gasteiger charge is 2.14. The van der Waals surface area contributed by atoms with Crippen molar-refractivity contribution in [1.82, 2.24) is 4.98 Å². The van der Waals surface area contributed by atoms with Gasteiger partial charge in [-0.1, -0.05) is 18.2 Å². The molecule has 0 aliphatic heterocycles. The number of aliphatic hydroxyl groups is 1. The largest absolute Gasteiger partial charge is 0.388 e. The number of fused-ring (bicyclic) bond motifs is 1. The fraction of sp³-hybridized carbons (Fsp3) is 0.357. The van der Waals surface area contributed by atoms with E-state index in [1.807, 2.05) is 31.2 Å². The van der Waals surface area contributed by atoms with Crippen LogP contribution in [0.1, 0.15) is 25.0 Å². The van der Waals surface area contributed by atoms with Crippen molar-refractivity contribution in [3.05, 3.63) is 42.2 Å². The van der Waals surface area contributed by atoms with E-state index >= 15 is 0 Å². The monoisotopic (exact) mass is 231 g/mol. The van der Waals surface area contributed by atoms with Gasteiger partial charge < -0.3 is 9.84 Å². The third-order valence-corrected chi connectivity index (χ3v) is 3.03. The van der Waals surface area contributed by atoms with Gasteiger partial charge in [-0.3, -0.25) is 4.98 Å². The Morgan fingerprint density at radius 1 is 1.35 bits per heavy atom. The highest BCUT2D eigenvalue weighted by molar-refractivity contribution is 5.85. The van der Waals surface area contributed by atoms with E-state index in [1.54, 1.807) is 19.5 Å². The average Bonchev–Trinajstić information content (AvgIpc) is 2.37. The molecule has 17 heavy (non-hydrogen) atoms. The number of methoxy groups -OCH3 is 1. The van der Waals surface area contributed by atoms with E-state index < -0.39 is 6.10 Å². The van der Waals surface area contributed by atoms with Gasteiger partial charge in [-0.15, -0.1) is 0 Å². The zero-order valence-electron chi connectivity index (χ0n) is 10.1. The first-order valence-electron chi connectivity index (χ1n) is 5.76. The molecule has 1 aromatic heterocycles. The maximum absolute atomic E-state index is 10.2. The van der Waals surface area contributed by atoms with Crippen LogP contribution in [0.5, 0.6) is 0 Å². The molecule has 0 fully saturated rings. The highest BCUT2D eigenvalue weighted by Crippen LogP contribution is 2.26. The first-order chi connectivity index (χ1) is 8.22. The number of aromatic nitrogens is 1. The molecule has 1 aromatic carbocycles. The molecule has 0 bridgehead atoms. The third-order valence-electron chi connectivity index (χ3n) is 3.03. The molecule has 0 amide bonds. The van der Waals surface area contributed by atoms with Gasteiger partial charge in [0.25, 0.3) is 0 Å². The SMILES string of the molecule is COC(C)CC(O)c1cccc2ccncc12. The predicted molar refractivity (Wildman–Crippen MR) is 67.8 cm³/mol. The lowest BCUT2D eigenvalue weighted by molar-refractivity contribution is 0.0565. The Hall–Kier alpha value is -1.45. The quantitative estimate of drug-likeness (QED) is 0.879. The molecular formula is C14H17NO2. The molecule has 1 heterocycles. The Morgan fingerprint density at radius 2 is 2.18 bits per heavy atom. The number of hydrogen-bond acceptors (Lipinski definition) is 3. The molecule has 0 saturated heterocycles. The molecule has 90 valence electrons. The Balaban J connectivity index is 2.34. The van der Waals surface area contributed by atoms with E-state index in [0.29, 0.717) is 6.42 Å².